The highest BCUT2D eigenvalue weighted by atomic mass is 16.6. The van der Waals surface area contributed by atoms with E-state index in [1.807, 2.05) is 12.1 Å². The van der Waals surface area contributed by atoms with Crippen LogP contribution in [-0.2, 0) is 14.3 Å². The van der Waals surface area contributed by atoms with Crippen LogP contribution in [0.5, 0.6) is 0 Å². The molecule has 0 spiro atoms. The van der Waals surface area contributed by atoms with Gasteiger partial charge < -0.3 is 9.64 Å². The van der Waals surface area contributed by atoms with Crippen LogP contribution < -0.4 is 4.90 Å². The molecular weight excluding hydrogens is 436 g/mol. The Kier molecular flexibility index (Phi) is 6.49. The summed E-state index contributed by atoms with van der Waals surface area (Å²) in [7, 11) is 0. The van der Waals surface area contributed by atoms with E-state index in [1.165, 1.54) is 24.0 Å². The molecule has 0 saturated carbocycles. The molecule has 0 unspecified atom stereocenters. The zero-order valence-electron chi connectivity index (χ0n) is 18.4. The Balaban J connectivity index is 1.39. The van der Waals surface area contributed by atoms with Gasteiger partial charge in [-0.1, -0.05) is 42.5 Å². The van der Waals surface area contributed by atoms with E-state index >= 15 is 0 Å². The molecule has 1 aliphatic rings. The number of nitro benzene ring substituents is 1. The lowest BCUT2D eigenvalue weighted by Gasteiger charge is -2.18. The largest absolute Gasteiger partial charge is 0.454 e. The molecular formula is C26H22N2O6. The van der Waals surface area contributed by atoms with Gasteiger partial charge in [-0.15, -0.1) is 0 Å². The second-order valence-electron chi connectivity index (χ2n) is 8.07. The van der Waals surface area contributed by atoms with Gasteiger partial charge in [0, 0.05) is 36.3 Å². The van der Waals surface area contributed by atoms with Crippen molar-refractivity contribution in [2.75, 3.05) is 11.4 Å². The molecule has 2 atom stereocenters. The highest BCUT2D eigenvalue weighted by Crippen LogP contribution is 2.29. The number of non-ortho nitro benzene ring substituents is 1. The number of benzene rings is 3. The molecule has 0 N–H and O–H groups in total. The number of ether oxygens (including phenoxy) is 1. The molecule has 8 heteroatoms. The van der Waals surface area contributed by atoms with Crippen LogP contribution in [-0.4, -0.2) is 35.2 Å². The quantitative estimate of drug-likeness (QED) is 0.224. The number of carbonyl (C=O) groups is 3. The molecule has 4 rings (SSSR count). The molecule has 1 fully saturated rings. The van der Waals surface area contributed by atoms with E-state index in [9.17, 15) is 24.5 Å². The minimum absolute atomic E-state index is 0.00911. The lowest BCUT2D eigenvalue weighted by Crippen LogP contribution is -2.30. The second kappa shape index (κ2) is 9.66. The van der Waals surface area contributed by atoms with Crippen LogP contribution >= 0.6 is 0 Å². The summed E-state index contributed by atoms with van der Waals surface area (Å²) in [5.74, 6) is -1.73. The number of carbonyl (C=O) groups excluding carboxylic acids is 3. The zero-order valence-corrected chi connectivity index (χ0v) is 18.4. The maximum absolute atomic E-state index is 12.6. The van der Waals surface area contributed by atoms with Crippen LogP contribution in [0.15, 0.2) is 78.9 Å². The summed E-state index contributed by atoms with van der Waals surface area (Å²) in [5.41, 5.74) is 2.76. The van der Waals surface area contributed by atoms with Crippen molar-refractivity contribution in [2.24, 2.45) is 5.92 Å². The molecule has 0 aromatic heterocycles. The number of hydrogen-bond donors (Lipinski definition) is 0. The third-order valence-electron chi connectivity index (χ3n) is 5.77. The normalized spacial score (nSPS) is 16.2. The predicted octanol–water partition coefficient (Wildman–Crippen LogP) is 4.43. The van der Waals surface area contributed by atoms with Crippen LogP contribution in [0.3, 0.4) is 0 Å². The number of anilines is 1. The second-order valence-corrected chi connectivity index (χ2v) is 8.07. The van der Waals surface area contributed by atoms with Gasteiger partial charge in [0.1, 0.15) is 0 Å². The molecule has 1 heterocycles. The summed E-state index contributed by atoms with van der Waals surface area (Å²) in [4.78, 5) is 49.6. The van der Waals surface area contributed by atoms with Crippen molar-refractivity contribution in [1.82, 2.24) is 0 Å². The van der Waals surface area contributed by atoms with Crippen molar-refractivity contribution in [3.63, 3.8) is 0 Å². The van der Waals surface area contributed by atoms with Crippen molar-refractivity contribution in [1.29, 1.82) is 0 Å². The van der Waals surface area contributed by atoms with Gasteiger partial charge in [-0.25, -0.2) is 0 Å². The lowest BCUT2D eigenvalue weighted by molar-refractivity contribution is -0.384. The van der Waals surface area contributed by atoms with E-state index in [0.717, 1.165) is 11.1 Å². The molecule has 1 aliphatic heterocycles. The Hall–Kier alpha value is -4.33. The minimum Gasteiger partial charge on any atom is -0.454 e. The third kappa shape index (κ3) is 4.85. The minimum atomic E-state index is -0.944. The van der Waals surface area contributed by atoms with Crippen LogP contribution in [0, 0.1) is 16.0 Å². The molecule has 0 aliphatic carbocycles. The molecule has 8 nitrogen and oxygen atoms in total. The Labute approximate surface area is 195 Å². The fourth-order valence-electron chi connectivity index (χ4n) is 3.89. The monoisotopic (exact) mass is 458 g/mol. The standard InChI is InChI=1S/C26H22N2O6/c1-17(25(30)20-5-3-2-4-6-20)34-26(31)21-15-24(29)27(16-21)22-11-7-18(8-12-22)19-9-13-23(14-10-19)28(32)33/h2-14,17,21H,15-16H2,1H3/t17-,21-/m1/s1. The number of nitrogens with zero attached hydrogens (tertiary/aromatic N) is 2. The Morgan fingerprint density at radius 1 is 0.971 bits per heavy atom. The van der Waals surface area contributed by atoms with Gasteiger partial charge in [0.25, 0.3) is 5.69 Å². The number of ketones is 1. The van der Waals surface area contributed by atoms with Gasteiger partial charge in [-0.05, 0) is 42.3 Å². The first kappa shape index (κ1) is 22.8. The number of hydrogen-bond acceptors (Lipinski definition) is 6. The molecule has 1 saturated heterocycles. The number of Topliss-reactive ketones (excluding diaryl/α,β-unsaturated/α-hetero) is 1. The van der Waals surface area contributed by atoms with E-state index in [4.69, 9.17) is 4.74 Å². The van der Waals surface area contributed by atoms with Gasteiger partial charge in [0.2, 0.25) is 11.7 Å². The van der Waals surface area contributed by atoms with Gasteiger partial charge >= 0.3 is 5.97 Å². The predicted molar refractivity (Wildman–Crippen MR) is 125 cm³/mol. The molecule has 3 aromatic rings. The summed E-state index contributed by atoms with van der Waals surface area (Å²) in [5, 5.41) is 10.8. The smallest absolute Gasteiger partial charge is 0.312 e. The number of amides is 1. The fourth-order valence-corrected chi connectivity index (χ4v) is 3.89. The number of rotatable bonds is 7. The van der Waals surface area contributed by atoms with E-state index in [0.29, 0.717) is 11.3 Å². The molecule has 0 bridgehead atoms. The van der Waals surface area contributed by atoms with Crippen molar-refractivity contribution in [3.05, 3.63) is 94.5 Å². The van der Waals surface area contributed by atoms with E-state index in [-0.39, 0.29) is 30.3 Å². The van der Waals surface area contributed by atoms with Crippen LogP contribution in [0.2, 0.25) is 0 Å². The molecule has 3 aromatic carbocycles. The number of nitro groups is 1. The first-order valence-corrected chi connectivity index (χ1v) is 10.8. The SMILES string of the molecule is C[C@@H](OC(=O)[C@@H]1CC(=O)N(c2ccc(-c3ccc([N+](=O)[O-])cc3)cc2)C1)C(=O)c1ccccc1. The van der Waals surface area contributed by atoms with Gasteiger partial charge in [0.15, 0.2) is 6.10 Å². The lowest BCUT2D eigenvalue weighted by atomic mass is 10.0. The van der Waals surface area contributed by atoms with Crippen molar-refractivity contribution >= 4 is 29.0 Å². The molecule has 34 heavy (non-hydrogen) atoms. The number of esters is 1. The first-order chi connectivity index (χ1) is 16.3. The van der Waals surface area contributed by atoms with Crippen LogP contribution in [0.4, 0.5) is 11.4 Å². The van der Waals surface area contributed by atoms with Gasteiger partial charge in [-0.3, -0.25) is 24.5 Å². The van der Waals surface area contributed by atoms with Crippen molar-refractivity contribution in [2.45, 2.75) is 19.4 Å². The van der Waals surface area contributed by atoms with Crippen LogP contribution in [0.1, 0.15) is 23.7 Å². The summed E-state index contributed by atoms with van der Waals surface area (Å²) in [6.07, 6.45) is -0.935. The fraction of sp³-hybridized carbons (Fsp3) is 0.192. The van der Waals surface area contributed by atoms with Crippen molar-refractivity contribution in [3.8, 4) is 11.1 Å². The summed E-state index contributed by atoms with van der Waals surface area (Å²) < 4.78 is 5.37. The molecule has 172 valence electrons. The topological polar surface area (TPSA) is 107 Å². The Morgan fingerprint density at radius 3 is 2.15 bits per heavy atom. The van der Waals surface area contributed by atoms with Gasteiger partial charge in [0.05, 0.1) is 10.8 Å². The maximum atomic E-state index is 12.6. The Bertz CT molecular complexity index is 1220. The highest BCUT2D eigenvalue weighted by Gasteiger charge is 2.37. The first-order valence-electron chi connectivity index (χ1n) is 10.8. The summed E-state index contributed by atoms with van der Waals surface area (Å²) in [6, 6.07) is 22.0. The van der Waals surface area contributed by atoms with Crippen molar-refractivity contribution < 1.29 is 24.0 Å². The molecule has 1 amide bonds. The maximum Gasteiger partial charge on any atom is 0.312 e. The van der Waals surface area contributed by atoms with Crippen LogP contribution in [0.25, 0.3) is 11.1 Å². The average molecular weight is 458 g/mol. The summed E-state index contributed by atoms with van der Waals surface area (Å²) >= 11 is 0. The van der Waals surface area contributed by atoms with E-state index < -0.39 is 22.9 Å². The summed E-state index contributed by atoms with van der Waals surface area (Å²) in [6.45, 7) is 1.69. The zero-order chi connectivity index (χ0) is 24.2. The highest BCUT2D eigenvalue weighted by molar-refractivity contribution is 6.02. The average Bonchev–Trinajstić information content (AvgIpc) is 3.26. The van der Waals surface area contributed by atoms with E-state index in [2.05, 4.69) is 0 Å². The van der Waals surface area contributed by atoms with E-state index in [1.54, 1.807) is 54.6 Å². The molecule has 0 radical (unpaired) electrons. The van der Waals surface area contributed by atoms with Gasteiger partial charge in [-0.2, -0.15) is 0 Å². The third-order valence-corrected chi connectivity index (χ3v) is 5.77. The Morgan fingerprint density at radius 2 is 1.56 bits per heavy atom.